The molecule has 0 spiro atoms. The number of pyridine rings is 2. The molecule has 1 aliphatic rings. The summed E-state index contributed by atoms with van der Waals surface area (Å²) in [7, 11) is 1.56. The van der Waals surface area contributed by atoms with Crippen LogP contribution in [0.1, 0.15) is 20.8 Å². The number of hydrogen-bond donors (Lipinski definition) is 0. The minimum atomic E-state index is -1.02. The molecule has 176 valence electrons. The van der Waals surface area contributed by atoms with Gasteiger partial charge in [-0.2, -0.15) is 0 Å². The first-order chi connectivity index (χ1) is 15.8. The van der Waals surface area contributed by atoms with Crippen LogP contribution in [0, 0.1) is 0 Å². The predicted octanol–water partition coefficient (Wildman–Crippen LogP) is 2.40. The second-order valence-electron chi connectivity index (χ2n) is 7.11. The summed E-state index contributed by atoms with van der Waals surface area (Å²) in [5.74, 6) is -0.425. The van der Waals surface area contributed by atoms with Gasteiger partial charge in [-0.3, -0.25) is 24.4 Å². The SMILES string of the molecule is COc1cncc(-c2ccc(O[C@H]3SC[C@@H](OC(C)=O)[C@H](OC(C)=O)[C@H]3OC(C)=O)cn2)c1. The zero-order valence-corrected chi connectivity index (χ0v) is 19.4. The van der Waals surface area contributed by atoms with E-state index in [4.69, 9.17) is 23.7 Å². The number of carbonyl (C=O) groups is 3. The van der Waals surface area contributed by atoms with E-state index in [-0.39, 0.29) is 5.75 Å². The van der Waals surface area contributed by atoms with Crippen molar-refractivity contribution in [2.24, 2.45) is 0 Å². The van der Waals surface area contributed by atoms with Gasteiger partial charge in [-0.05, 0) is 18.2 Å². The molecule has 2 aromatic rings. The number of esters is 3. The Morgan fingerprint density at radius 1 is 0.909 bits per heavy atom. The van der Waals surface area contributed by atoms with Gasteiger partial charge in [0.15, 0.2) is 23.7 Å². The van der Waals surface area contributed by atoms with Crippen LogP contribution in [0.5, 0.6) is 11.5 Å². The van der Waals surface area contributed by atoms with E-state index in [0.717, 1.165) is 5.56 Å². The van der Waals surface area contributed by atoms with Crippen LogP contribution in [-0.4, -0.2) is 64.5 Å². The van der Waals surface area contributed by atoms with E-state index in [2.05, 4.69) is 9.97 Å². The molecule has 10 nitrogen and oxygen atoms in total. The van der Waals surface area contributed by atoms with Crippen LogP contribution in [0.15, 0.2) is 36.8 Å². The van der Waals surface area contributed by atoms with Gasteiger partial charge >= 0.3 is 17.9 Å². The number of nitrogens with zero attached hydrogens (tertiary/aromatic N) is 2. The lowest BCUT2D eigenvalue weighted by atomic mass is 10.1. The minimum Gasteiger partial charge on any atom is -0.495 e. The van der Waals surface area contributed by atoms with Crippen molar-refractivity contribution in [2.45, 2.75) is 44.5 Å². The van der Waals surface area contributed by atoms with E-state index < -0.39 is 41.7 Å². The first kappa shape index (κ1) is 24.3. The van der Waals surface area contributed by atoms with Gasteiger partial charge in [0.05, 0.1) is 25.2 Å². The first-order valence-corrected chi connectivity index (χ1v) is 11.1. The van der Waals surface area contributed by atoms with Gasteiger partial charge in [0, 0.05) is 38.3 Å². The zero-order valence-electron chi connectivity index (χ0n) is 18.5. The molecular formula is C22H24N2O8S. The molecule has 1 aliphatic heterocycles. The van der Waals surface area contributed by atoms with Crippen LogP contribution >= 0.6 is 11.8 Å². The van der Waals surface area contributed by atoms with Gasteiger partial charge in [0.2, 0.25) is 0 Å². The second kappa shape index (κ2) is 11.0. The Morgan fingerprint density at radius 2 is 1.61 bits per heavy atom. The van der Waals surface area contributed by atoms with Crippen LogP contribution in [0.2, 0.25) is 0 Å². The molecule has 33 heavy (non-hydrogen) atoms. The Bertz CT molecular complexity index is 1000. The standard InChI is InChI=1S/C22H24N2O8S/c1-12(25)29-19-11-33-22(21(31-14(3)27)20(19)30-13(2)26)32-16-5-6-18(24-10-16)15-7-17(28-4)9-23-8-15/h5-10,19-22H,11H2,1-4H3/t19-,20+,21-,22+/m1/s1. The van der Waals surface area contributed by atoms with Gasteiger partial charge in [0.1, 0.15) is 11.5 Å². The molecule has 11 heteroatoms. The number of thioether (sulfide) groups is 1. The minimum absolute atomic E-state index is 0.279. The van der Waals surface area contributed by atoms with Crippen molar-refractivity contribution in [1.82, 2.24) is 9.97 Å². The van der Waals surface area contributed by atoms with Crippen molar-refractivity contribution in [3.8, 4) is 22.8 Å². The van der Waals surface area contributed by atoms with Crippen LogP contribution in [-0.2, 0) is 28.6 Å². The topological polar surface area (TPSA) is 123 Å². The highest BCUT2D eigenvalue weighted by Gasteiger charge is 2.47. The van der Waals surface area contributed by atoms with E-state index in [9.17, 15) is 14.4 Å². The number of ether oxygens (including phenoxy) is 5. The van der Waals surface area contributed by atoms with E-state index in [1.54, 1.807) is 31.6 Å². The molecule has 0 unspecified atom stereocenters. The molecular weight excluding hydrogens is 452 g/mol. The Kier molecular flexibility index (Phi) is 8.10. The van der Waals surface area contributed by atoms with Crippen LogP contribution in [0.4, 0.5) is 0 Å². The normalized spacial score (nSPS) is 22.1. The highest BCUT2D eigenvalue weighted by Crippen LogP contribution is 2.34. The Labute approximate surface area is 194 Å². The maximum absolute atomic E-state index is 11.8. The molecule has 3 rings (SSSR count). The molecule has 0 saturated carbocycles. The Balaban J connectivity index is 1.80. The molecule has 3 heterocycles. The van der Waals surface area contributed by atoms with E-state index in [1.807, 2.05) is 6.07 Å². The quantitative estimate of drug-likeness (QED) is 0.432. The van der Waals surface area contributed by atoms with Crippen molar-refractivity contribution in [1.29, 1.82) is 0 Å². The molecule has 0 radical (unpaired) electrons. The lowest BCUT2D eigenvalue weighted by Gasteiger charge is -2.39. The molecule has 0 amide bonds. The van der Waals surface area contributed by atoms with Crippen molar-refractivity contribution >= 4 is 29.7 Å². The molecule has 0 bridgehead atoms. The van der Waals surface area contributed by atoms with Gasteiger partial charge in [-0.25, -0.2) is 0 Å². The van der Waals surface area contributed by atoms with E-state index >= 15 is 0 Å². The maximum atomic E-state index is 11.8. The fraction of sp³-hybridized carbons (Fsp3) is 0.409. The third-order valence-electron chi connectivity index (χ3n) is 4.54. The highest BCUT2D eigenvalue weighted by atomic mass is 32.2. The smallest absolute Gasteiger partial charge is 0.303 e. The Hall–Kier alpha value is -3.34. The van der Waals surface area contributed by atoms with Crippen molar-refractivity contribution in [3.05, 3.63) is 36.8 Å². The summed E-state index contributed by atoms with van der Waals surface area (Å²) in [5, 5.41) is 0. The molecule has 0 aromatic carbocycles. The number of aromatic nitrogens is 2. The monoisotopic (exact) mass is 476 g/mol. The average molecular weight is 477 g/mol. The van der Waals surface area contributed by atoms with Gasteiger partial charge in [-0.1, -0.05) is 0 Å². The molecule has 1 saturated heterocycles. The third-order valence-corrected chi connectivity index (χ3v) is 5.75. The molecule has 1 fully saturated rings. The molecule has 4 atom stereocenters. The average Bonchev–Trinajstić information content (AvgIpc) is 2.77. The summed E-state index contributed by atoms with van der Waals surface area (Å²) in [6, 6.07) is 5.28. The van der Waals surface area contributed by atoms with Crippen LogP contribution < -0.4 is 9.47 Å². The summed E-state index contributed by atoms with van der Waals surface area (Å²) in [6.07, 6.45) is 1.98. The molecule has 2 aromatic heterocycles. The fourth-order valence-corrected chi connectivity index (χ4v) is 4.45. The molecule has 0 N–H and O–H groups in total. The fourth-order valence-electron chi connectivity index (χ4n) is 3.24. The molecule has 0 aliphatic carbocycles. The zero-order chi connectivity index (χ0) is 24.0. The van der Waals surface area contributed by atoms with Crippen LogP contribution in [0.25, 0.3) is 11.3 Å². The number of rotatable bonds is 7. The summed E-state index contributed by atoms with van der Waals surface area (Å²) >= 11 is 1.27. The van der Waals surface area contributed by atoms with Gasteiger partial charge in [0.25, 0.3) is 0 Å². The van der Waals surface area contributed by atoms with E-state index in [0.29, 0.717) is 17.2 Å². The maximum Gasteiger partial charge on any atom is 0.303 e. The van der Waals surface area contributed by atoms with Gasteiger partial charge < -0.3 is 23.7 Å². The predicted molar refractivity (Wildman–Crippen MR) is 118 cm³/mol. The summed E-state index contributed by atoms with van der Waals surface area (Å²) in [6.45, 7) is 3.72. The second-order valence-corrected chi connectivity index (χ2v) is 8.24. The third kappa shape index (κ3) is 6.58. The largest absolute Gasteiger partial charge is 0.495 e. The lowest BCUT2D eigenvalue weighted by Crippen LogP contribution is -2.55. The van der Waals surface area contributed by atoms with Crippen molar-refractivity contribution in [2.75, 3.05) is 12.9 Å². The van der Waals surface area contributed by atoms with Crippen molar-refractivity contribution < 1.29 is 38.1 Å². The van der Waals surface area contributed by atoms with Gasteiger partial charge in [-0.15, -0.1) is 11.8 Å². The van der Waals surface area contributed by atoms with Crippen LogP contribution in [0.3, 0.4) is 0 Å². The highest BCUT2D eigenvalue weighted by molar-refractivity contribution is 7.99. The summed E-state index contributed by atoms with van der Waals surface area (Å²) in [4.78, 5) is 43.5. The van der Waals surface area contributed by atoms with E-state index in [1.165, 1.54) is 38.7 Å². The summed E-state index contributed by atoms with van der Waals surface area (Å²) in [5.41, 5.74) is 0.704. The number of methoxy groups -OCH3 is 1. The lowest BCUT2D eigenvalue weighted by molar-refractivity contribution is -0.186. The Morgan fingerprint density at radius 3 is 2.21 bits per heavy atom. The number of carbonyl (C=O) groups excluding carboxylic acids is 3. The van der Waals surface area contributed by atoms with Crippen molar-refractivity contribution in [3.63, 3.8) is 0 Å². The summed E-state index contributed by atoms with van der Waals surface area (Å²) < 4.78 is 27.3. The first-order valence-electron chi connectivity index (χ1n) is 10.0. The number of hydrogen-bond acceptors (Lipinski definition) is 11.